The normalized spacial score (nSPS) is 44.4. The van der Waals surface area contributed by atoms with Gasteiger partial charge in [0.2, 0.25) is 0 Å². The van der Waals surface area contributed by atoms with E-state index in [0.717, 1.165) is 25.5 Å². The predicted molar refractivity (Wildman–Crippen MR) is 82.5 cm³/mol. The fraction of sp³-hybridized carbons (Fsp3) is 1.00. The Morgan fingerprint density at radius 3 is 2.55 bits per heavy atom. The second-order valence-electron chi connectivity index (χ2n) is 9.04. The van der Waals surface area contributed by atoms with E-state index < -0.39 is 0 Å². The van der Waals surface area contributed by atoms with Crippen LogP contribution in [0.25, 0.3) is 0 Å². The molecule has 2 heterocycles. The third kappa shape index (κ3) is 1.97. The molecule has 3 rings (SSSR count). The lowest BCUT2D eigenvalue weighted by molar-refractivity contribution is -0.162. The van der Waals surface area contributed by atoms with Crippen LogP contribution in [0.1, 0.15) is 47.5 Å². The Hall–Kier alpha value is -0.120. The maximum Gasteiger partial charge on any atom is 0.0691 e. The van der Waals surface area contributed by atoms with Gasteiger partial charge in [0.1, 0.15) is 0 Å². The summed E-state index contributed by atoms with van der Waals surface area (Å²) in [4.78, 5) is 2.62. The van der Waals surface area contributed by atoms with E-state index in [1.54, 1.807) is 0 Å². The molecule has 0 radical (unpaired) electrons. The van der Waals surface area contributed by atoms with Gasteiger partial charge in [-0.2, -0.15) is 0 Å². The van der Waals surface area contributed by atoms with Gasteiger partial charge >= 0.3 is 0 Å². The molecule has 3 fully saturated rings. The van der Waals surface area contributed by atoms with E-state index in [1.165, 1.54) is 19.5 Å². The lowest BCUT2D eigenvalue weighted by atomic mass is 9.48. The quantitative estimate of drug-likeness (QED) is 0.844. The molecule has 2 aliphatic heterocycles. The molecule has 20 heavy (non-hydrogen) atoms. The van der Waals surface area contributed by atoms with Gasteiger partial charge in [-0.15, -0.1) is 0 Å². The Balaban J connectivity index is 1.67. The van der Waals surface area contributed by atoms with Crippen LogP contribution in [0.2, 0.25) is 0 Å². The molecule has 3 aliphatic rings. The first-order valence-corrected chi connectivity index (χ1v) is 8.29. The highest BCUT2D eigenvalue weighted by Crippen LogP contribution is 2.58. The summed E-state index contributed by atoms with van der Waals surface area (Å²) in [5, 5.41) is 0. The third-order valence-electron chi connectivity index (χ3n) is 6.65. The first-order chi connectivity index (χ1) is 9.16. The van der Waals surface area contributed by atoms with Crippen molar-refractivity contribution in [2.75, 3.05) is 26.2 Å². The van der Waals surface area contributed by atoms with Crippen molar-refractivity contribution in [2.24, 2.45) is 28.4 Å². The molecule has 1 aliphatic carbocycles. The van der Waals surface area contributed by atoms with Gasteiger partial charge in [0.15, 0.2) is 0 Å². The van der Waals surface area contributed by atoms with Crippen molar-refractivity contribution in [2.45, 2.75) is 59.1 Å². The maximum atomic E-state index is 6.88. The fourth-order valence-electron chi connectivity index (χ4n) is 4.85. The lowest BCUT2D eigenvalue weighted by Crippen LogP contribution is -2.78. The zero-order valence-electron chi connectivity index (χ0n) is 13.9. The molecule has 4 atom stereocenters. The smallest absolute Gasteiger partial charge is 0.0691 e. The number of rotatable bonds is 2. The molecule has 0 aromatic heterocycles. The van der Waals surface area contributed by atoms with Crippen molar-refractivity contribution in [1.82, 2.24) is 4.90 Å². The average molecular weight is 280 g/mol. The number of fused-ring (bicyclic) bond motifs is 1. The molecular weight excluding hydrogens is 248 g/mol. The van der Waals surface area contributed by atoms with Gasteiger partial charge in [0.25, 0.3) is 0 Å². The molecule has 116 valence electrons. The zero-order chi connectivity index (χ0) is 14.8. The average Bonchev–Trinajstić information content (AvgIpc) is 2.94. The molecule has 3 nitrogen and oxygen atoms in total. The van der Waals surface area contributed by atoms with Crippen LogP contribution in [0.3, 0.4) is 0 Å². The van der Waals surface area contributed by atoms with Crippen LogP contribution in [0.15, 0.2) is 0 Å². The van der Waals surface area contributed by atoms with Gasteiger partial charge in [-0.3, -0.25) is 0 Å². The Kier molecular flexibility index (Phi) is 3.28. The number of nitrogens with two attached hydrogens (primary N) is 1. The summed E-state index contributed by atoms with van der Waals surface area (Å²) >= 11 is 0. The zero-order valence-corrected chi connectivity index (χ0v) is 13.9. The summed E-state index contributed by atoms with van der Waals surface area (Å²) in [5.41, 5.74) is 7.36. The van der Waals surface area contributed by atoms with Gasteiger partial charge in [-0.1, -0.05) is 34.6 Å². The highest BCUT2D eigenvalue weighted by molar-refractivity contribution is 5.21. The highest BCUT2D eigenvalue weighted by atomic mass is 16.5. The first kappa shape index (κ1) is 14.8. The molecule has 0 bridgehead atoms. The minimum Gasteiger partial charge on any atom is -0.377 e. The third-order valence-corrected chi connectivity index (χ3v) is 6.65. The Morgan fingerprint density at radius 1 is 1.25 bits per heavy atom. The van der Waals surface area contributed by atoms with E-state index in [-0.39, 0.29) is 11.0 Å². The van der Waals surface area contributed by atoms with Gasteiger partial charge < -0.3 is 15.4 Å². The van der Waals surface area contributed by atoms with Gasteiger partial charge in [-0.25, -0.2) is 0 Å². The van der Waals surface area contributed by atoms with Crippen LogP contribution >= 0.6 is 0 Å². The molecular formula is C17H32N2O. The number of hydrogen-bond donors (Lipinski definition) is 1. The van der Waals surface area contributed by atoms with Gasteiger partial charge in [0, 0.05) is 36.6 Å². The summed E-state index contributed by atoms with van der Waals surface area (Å²) in [5.74, 6) is 1.39. The summed E-state index contributed by atoms with van der Waals surface area (Å²) in [7, 11) is 0. The molecule has 4 unspecified atom stereocenters. The molecule has 0 spiro atoms. The number of likely N-dealkylation sites (tertiary alicyclic amines) is 1. The van der Waals surface area contributed by atoms with Crippen molar-refractivity contribution in [3.05, 3.63) is 0 Å². The van der Waals surface area contributed by atoms with Gasteiger partial charge in [-0.05, 0) is 30.7 Å². The van der Waals surface area contributed by atoms with Crippen molar-refractivity contribution in [3.8, 4) is 0 Å². The first-order valence-electron chi connectivity index (χ1n) is 8.29. The molecule has 0 aromatic rings. The van der Waals surface area contributed by atoms with E-state index in [4.69, 9.17) is 10.5 Å². The summed E-state index contributed by atoms with van der Waals surface area (Å²) in [6, 6.07) is 0. The Morgan fingerprint density at radius 2 is 1.95 bits per heavy atom. The molecule has 3 heteroatoms. The van der Waals surface area contributed by atoms with Crippen molar-refractivity contribution in [1.29, 1.82) is 0 Å². The van der Waals surface area contributed by atoms with Crippen LogP contribution in [-0.2, 0) is 4.74 Å². The van der Waals surface area contributed by atoms with E-state index >= 15 is 0 Å². The molecule has 0 aromatic carbocycles. The molecule has 2 N–H and O–H groups in total. The highest BCUT2D eigenvalue weighted by Gasteiger charge is 2.67. The minimum absolute atomic E-state index is 0.0546. The molecule has 1 saturated carbocycles. The van der Waals surface area contributed by atoms with Crippen molar-refractivity contribution < 1.29 is 4.74 Å². The van der Waals surface area contributed by atoms with E-state index in [1.807, 2.05) is 0 Å². The monoisotopic (exact) mass is 280 g/mol. The number of hydrogen-bond acceptors (Lipinski definition) is 3. The molecule has 0 amide bonds. The summed E-state index contributed by atoms with van der Waals surface area (Å²) in [6.07, 6.45) is 2.87. The van der Waals surface area contributed by atoms with Crippen molar-refractivity contribution >= 4 is 0 Å². The number of ether oxygens (including phenoxy) is 1. The second kappa shape index (κ2) is 4.44. The largest absolute Gasteiger partial charge is 0.377 e. The SMILES string of the molecule is CC(C)(C)C1CCN(CC2(N)C3CCOC3C2(C)C)C1. The maximum absolute atomic E-state index is 6.88. The second-order valence-corrected chi connectivity index (χ2v) is 9.04. The fourth-order valence-corrected chi connectivity index (χ4v) is 4.85. The predicted octanol–water partition coefficient (Wildman–Crippen LogP) is 2.50. The van der Waals surface area contributed by atoms with Crippen LogP contribution in [0.5, 0.6) is 0 Å². The van der Waals surface area contributed by atoms with Crippen molar-refractivity contribution in [3.63, 3.8) is 0 Å². The number of nitrogens with zero attached hydrogens (tertiary/aromatic N) is 1. The van der Waals surface area contributed by atoms with Crippen LogP contribution in [0, 0.1) is 22.7 Å². The Bertz CT molecular complexity index is 387. The van der Waals surface area contributed by atoms with Crippen LogP contribution < -0.4 is 5.73 Å². The molecule has 2 saturated heterocycles. The van der Waals surface area contributed by atoms with E-state index in [2.05, 4.69) is 39.5 Å². The standard InChI is InChI=1S/C17H32N2O/c1-15(2,3)12-6-8-19(10-12)11-17(18)13-7-9-20-14(13)16(17,4)5/h12-14H,6-11,18H2,1-5H3. The summed E-state index contributed by atoms with van der Waals surface area (Å²) in [6.45, 7) is 16.1. The van der Waals surface area contributed by atoms with E-state index in [9.17, 15) is 0 Å². The minimum atomic E-state index is -0.0546. The lowest BCUT2D eigenvalue weighted by Gasteiger charge is -2.63. The summed E-state index contributed by atoms with van der Waals surface area (Å²) < 4.78 is 5.90. The van der Waals surface area contributed by atoms with Crippen LogP contribution in [-0.4, -0.2) is 42.8 Å². The van der Waals surface area contributed by atoms with E-state index in [0.29, 0.717) is 17.4 Å². The topological polar surface area (TPSA) is 38.5 Å². The Labute approximate surface area is 124 Å². The van der Waals surface area contributed by atoms with Crippen LogP contribution in [0.4, 0.5) is 0 Å². The van der Waals surface area contributed by atoms with Gasteiger partial charge in [0.05, 0.1) is 6.10 Å².